The first-order chi connectivity index (χ1) is 13.2. The highest BCUT2D eigenvalue weighted by atomic mass is 35.5. The van der Waals surface area contributed by atoms with Crippen LogP contribution in [0.5, 0.6) is 0 Å². The van der Waals surface area contributed by atoms with E-state index in [1.54, 1.807) is 12.1 Å². The number of nitrogens with zero attached hydrogens (tertiary/aromatic N) is 2. The lowest BCUT2D eigenvalue weighted by Gasteiger charge is -2.14. The topological polar surface area (TPSA) is 84.1 Å². The second-order valence-electron chi connectivity index (χ2n) is 6.00. The van der Waals surface area contributed by atoms with Crippen molar-refractivity contribution in [3.8, 4) is 11.3 Å². The van der Waals surface area contributed by atoms with Crippen LogP contribution in [0.4, 0.5) is 24.9 Å². The van der Waals surface area contributed by atoms with Gasteiger partial charge in [0.2, 0.25) is 5.95 Å². The molecule has 0 radical (unpaired) electrons. The van der Waals surface area contributed by atoms with E-state index < -0.39 is 22.9 Å². The lowest BCUT2D eigenvalue weighted by Crippen LogP contribution is -2.13. The molecule has 1 aromatic heterocycles. The molecule has 0 bridgehead atoms. The Bertz CT molecular complexity index is 967. The number of alkyl halides is 3. The highest BCUT2D eigenvalue weighted by Gasteiger charge is 2.33. The monoisotopic (exact) mass is 408 g/mol. The predicted molar refractivity (Wildman–Crippen MR) is 102 cm³/mol. The van der Waals surface area contributed by atoms with Gasteiger partial charge in [-0.2, -0.15) is 18.2 Å². The fraction of sp³-hybridized carbons (Fsp3) is 0.158. The molecule has 4 N–H and O–H groups in total. The standard InChI is InChI=1S/C19H16ClF3N4O/c20-14-8-12(6-7-13(14)19(21,22)23)15-9-17(27-18(24)26-15)25-10-16(28)11-4-2-1-3-5-11/h1-9,16,28H,10H2,(H3,24,25,26,27). The summed E-state index contributed by atoms with van der Waals surface area (Å²) in [5.74, 6) is 0.263. The van der Waals surface area contributed by atoms with Crippen molar-refractivity contribution in [3.05, 3.63) is 70.7 Å². The van der Waals surface area contributed by atoms with Gasteiger partial charge in [-0.1, -0.05) is 48.0 Å². The van der Waals surface area contributed by atoms with Crippen LogP contribution in [0.1, 0.15) is 17.2 Å². The number of benzene rings is 2. The number of aliphatic hydroxyl groups is 1. The third kappa shape index (κ3) is 4.71. The average molecular weight is 409 g/mol. The maximum Gasteiger partial charge on any atom is 0.417 e. The van der Waals surface area contributed by atoms with Crippen LogP contribution < -0.4 is 11.1 Å². The molecule has 0 saturated heterocycles. The van der Waals surface area contributed by atoms with Crippen molar-refractivity contribution in [2.75, 3.05) is 17.6 Å². The number of nitrogens with one attached hydrogen (secondary N) is 1. The van der Waals surface area contributed by atoms with Crippen LogP contribution in [-0.2, 0) is 6.18 Å². The molecule has 0 amide bonds. The Morgan fingerprint density at radius 3 is 2.43 bits per heavy atom. The maximum atomic E-state index is 12.9. The summed E-state index contributed by atoms with van der Waals surface area (Å²) in [5.41, 5.74) is 6.18. The Hall–Kier alpha value is -2.84. The Kier molecular flexibility index (Phi) is 5.71. The molecular weight excluding hydrogens is 393 g/mol. The highest BCUT2D eigenvalue weighted by Crippen LogP contribution is 2.36. The molecule has 0 aliphatic rings. The molecule has 1 unspecified atom stereocenters. The summed E-state index contributed by atoms with van der Waals surface area (Å²) < 4.78 is 38.6. The van der Waals surface area contributed by atoms with Crippen LogP contribution in [0.15, 0.2) is 54.6 Å². The number of hydrogen-bond acceptors (Lipinski definition) is 5. The molecule has 9 heteroatoms. The van der Waals surface area contributed by atoms with Gasteiger partial charge in [-0.05, 0) is 17.7 Å². The van der Waals surface area contributed by atoms with Gasteiger partial charge in [0.25, 0.3) is 0 Å². The maximum absolute atomic E-state index is 12.9. The second kappa shape index (κ2) is 8.04. The van der Waals surface area contributed by atoms with Gasteiger partial charge in [0, 0.05) is 18.2 Å². The average Bonchev–Trinajstić information content (AvgIpc) is 2.65. The number of anilines is 2. The smallest absolute Gasteiger partial charge is 0.387 e. The molecule has 0 saturated carbocycles. The van der Waals surface area contributed by atoms with E-state index in [1.165, 1.54) is 18.2 Å². The van der Waals surface area contributed by atoms with Crippen molar-refractivity contribution in [2.45, 2.75) is 12.3 Å². The van der Waals surface area contributed by atoms with Crippen LogP contribution in [0.2, 0.25) is 5.02 Å². The minimum Gasteiger partial charge on any atom is -0.387 e. The van der Waals surface area contributed by atoms with Crippen molar-refractivity contribution in [1.82, 2.24) is 9.97 Å². The van der Waals surface area contributed by atoms with Crippen LogP contribution in [0.3, 0.4) is 0 Å². The van der Waals surface area contributed by atoms with Gasteiger partial charge in [-0.3, -0.25) is 0 Å². The van der Waals surface area contributed by atoms with E-state index in [2.05, 4.69) is 15.3 Å². The van der Waals surface area contributed by atoms with E-state index in [0.29, 0.717) is 17.1 Å². The van der Waals surface area contributed by atoms with Crippen molar-refractivity contribution >= 4 is 23.4 Å². The first kappa shape index (κ1) is 19.9. The highest BCUT2D eigenvalue weighted by molar-refractivity contribution is 6.31. The quantitative estimate of drug-likeness (QED) is 0.577. The number of aliphatic hydroxyl groups excluding tert-OH is 1. The Labute approximate surface area is 164 Å². The zero-order chi connectivity index (χ0) is 20.3. The molecule has 0 fully saturated rings. The number of nitrogen functional groups attached to an aromatic ring is 1. The summed E-state index contributed by atoms with van der Waals surface area (Å²) in [6.45, 7) is 0.160. The van der Waals surface area contributed by atoms with Crippen LogP contribution in [0.25, 0.3) is 11.3 Å². The number of hydrogen-bond donors (Lipinski definition) is 3. The molecule has 28 heavy (non-hydrogen) atoms. The van der Waals surface area contributed by atoms with E-state index in [1.807, 2.05) is 18.2 Å². The molecule has 0 spiro atoms. The Morgan fingerprint density at radius 2 is 1.79 bits per heavy atom. The molecule has 1 heterocycles. The second-order valence-corrected chi connectivity index (χ2v) is 6.40. The molecule has 5 nitrogen and oxygen atoms in total. The summed E-state index contributed by atoms with van der Waals surface area (Å²) in [7, 11) is 0. The largest absolute Gasteiger partial charge is 0.417 e. The SMILES string of the molecule is Nc1nc(NCC(O)c2ccccc2)cc(-c2ccc(C(F)(F)F)c(Cl)c2)n1. The minimum absolute atomic E-state index is 0.0646. The molecule has 0 aliphatic heterocycles. The van der Waals surface area contributed by atoms with Gasteiger partial charge in [-0.25, -0.2) is 4.98 Å². The predicted octanol–water partition coefficient (Wildman–Crippen LogP) is 4.54. The summed E-state index contributed by atoms with van der Waals surface area (Å²) in [6.07, 6.45) is -5.32. The Morgan fingerprint density at radius 1 is 1.07 bits per heavy atom. The van der Waals surface area contributed by atoms with E-state index in [0.717, 1.165) is 11.6 Å². The lowest BCUT2D eigenvalue weighted by molar-refractivity contribution is -0.137. The zero-order valence-corrected chi connectivity index (χ0v) is 15.2. The molecule has 1 atom stereocenters. The minimum atomic E-state index is -4.54. The van der Waals surface area contributed by atoms with Gasteiger partial charge in [0.1, 0.15) is 5.82 Å². The fourth-order valence-electron chi connectivity index (χ4n) is 2.60. The number of nitrogens with two attached hydrogens (primary N) is 1. The molecule has 2 aromatic carbocycles. The summed E-state index contributed by atoms with van der Waals surface area (Å²) in [6, 6.07) is 13.9. The van der Waals surface area contributed by atoms with Crippen LogP contribution in [-0.4, -0.2) is 21.6 Å². The van der Waals surface area contributed by atoms with Crippen LogP contribution >= 0.6 is 11.6 Å². The third-order valence-electron chi connectivity index (χ3n) is 3.97. The van der Waals surface area contributed by atoms with Crippen LogP contribution in [0, 0.1) is 0 Å². The zero-order valence-electron chi connectivity index (χ0n) is 14.4. The van der Waals surface area contributed by atoms with Gasteiger partial charge >= 0.3 is 6.18 Å². The number of rotatable bonds is 5. The Balaban J connectivity index is 1.81. The third-order valence-corrected chi connectivity index (χ3v) is 4.29. The first-order valence-corrected chi connectivity index (χ1v) is 8.60. The van der Waals surface area contributed by atoms with E-state index in [-0.39, 0.29) is 12.5 Å². The first-order valence-electron chi connectivity index (χ1n) is 8.22. The van der Waals surface area contributed by atoms with Crippen molar-refractivity contribution < 1.29 is 18.3 Å². The molecular formula is C19H16ClF3N4O. The van der Waals surface area contributed by atoms with Gasteiger partial charge < -0.3 is 16.2 Å². The summed E-state index contributed by atoms with van der Waals surface area (Å²) in [4.78, 5) is 8.08. The number of halogens is 4. The van der Waals surface area contributed by atoms with Gasteiger partial charge in [-0.15, -0.1) is 0 Å². The van der Waals surface area contributed by atoms with Crippen molar-refractivity contribution in [3.63, 3.8) is 0 Å². The van der Waals surface area contributed by atoms with Crippen molar-refractivity contribution in [1.29, 1.82) is 0 Å². The fourth-order valence-corrected chi connectivity index (χ4v) is 2.89. The van der Waals surface area contributed by atoms with E-state index >= 15 is 0 Å². The van der Waals surface area contributed by atoms with Gasteiger partial charge in [0.15, 0.2) is 0 Å². The van der Waals surface area contributed by atoms with E-state index in [4.69, 9.17) is 17.3 Å². The molecule has 146 valence electrons. The van der Waals surface area contributed by atoms with Gasteiger partial charge in [0.05, 0.1) is 22.4 Å². The molecule has 3 aromatic rings. The van der Waals surface area contributed by atoms with E-state index in [9.17, 15) is 18.3 Å². The summed E-state index contributed by atoms with van der Waals surface area (Å²) >= 11 is 5.77. The lowest BCUT2D eigenvalue weighted by atomic mass is 10.1. The van der Waals surface area contributed by atoms with Crippen molar-refractivity contribution in [2.24, 2.45) is 0 Å². The summed E-state index contributed by atoms with van der Waals surface area (Å²) in [5, 5.41) is 12.7. The number of aromatic nitrogens is 2. The molecule has 0 aliphatic carbocycles. The normalized spacial score (nSPS) is 12.6. The molecule has 3 rings (SSSR count).